The minimum Gasteiger partial charge on any atom is -0.485 e. The normalized spacial score (nSPS) is 24.9. The van der Waals surface area contributed by atoms with Gasteiger partial charge in [0.25, 0.3) is 0 Å². The summed E-state index contributed by atoms with van der Waals surface area (Å²) in [5.74, 6) is 3.99. The third-order valence-corrected chi connectivity index (χ3v) is 4.91. The average Bonchev–Trinajstić information content (AvgIpc) is 3.37. The van der Waals surface area contributed by atoms with E-state index in [0.29, 0.717) is 0 Å². The van der Waals surface area contributed by atoms with Crippen LogP contribution in [-0.4, -0.2) is 25.7 Å². The molecule has 1 aromatic carbocycles. The molecule has 3 aliphatic rings. The fraction of sp³-hybridized carbons (Fsp3) is 0.647. The van der Waals surface area contributed by atoms with Gasteiger partial charge in [0.05, 0.1) is 12.2 Å². The molecular weight excluding hydrogens is 248 g/mol. The van der Waals surface area contributed by atoms with E-state index < -0.39 is 0 Å². The molecule has 1 aliphatic heterocycles. The molecule has 3 heteroatoms. The molecule has 0 amide bonds. The van der Waals surface area contributed by atoms with Gasteiger partial charge in [-0.05, 0) is 62.1 Å². The lowest BCUT2D eigenvalue weighted by Crippen LogP contribution is -2.41. The van der Waals surface area contributed by atoms with Gasteiger partial charge in [0, 0.05) is 6.54 Å². The van der Waals surface area contributed by atoms with Crippen LogP contribution in [0, 0.1) is 17.8 Å². The van der Waals surface area contributed by atoms with Crippen molar-refractivity contribution >= 4 is 5.69 Å². The van der Waals surface area contributed by atoms with E-state index in [0.717, 1.165) is 42.3 Å². The first-order valence-electron chi connectivity index (χ1n) is 8.10. The standard InChI is InChI=1S/C17H24N2O/c1-2-4-17-16(3-1)19-10-14(20-17)9-18-11-15(12-5-6-12)13-7-8-13/h1-4,12-15,18-19H,5-11H2. The van der Waals surface area contributed by atoms with Crippen LogP contribution in [0.2, 0.25) is 0 Å². The Morgan fingerprint density at radius 2 is 1.90 bits per heavy atom. The van der Waals surface area contributed by atoms with E-state index in [2.05, 4.69) is 16.7 Å². The summed E-state index contributed by atoms with van der Waals surface area (Å²) < 4.78 is 6.04. The molecule has 0 radical (unpaired) electrons. The van der Waals surface area contributed by atoms with Crippen molar-refractivity contribution in [2.45, 2.75) is 31.8 Å². The number of nitrogens with one attached hydrogen (secondary N) is 2. The highest BCUT2D eigenvalue weighted by atomic mass is 16.5. The minimum absolute atomic E-state index is 0.254. The third kappa shape index (κ3) is 2.78. The first-order valence-corrected chi connectivity index (χ1v) is 8.10. The summed E-state index contributed by atoms with van der Waals surface area (Å²) in [6.07, 6.45) is 6.13. The smallest absolute Gasteiger partial charge is 0.142 e. The Balaban J connectivity index is 1.26. The molecule has 3 nitrogen and oxygen atoms in total. The van der Waals surface area contributed by atoms with E-state index in [9.17, 15) is 0 Å². The van der Waals surface area contributed by atoms with E-state index in [1.165, 1.54) is 32.2 Å². The number of hydrogen-bond acceptors (Lipinski definition) is 3. The van der Waals surface area contributed by atoms with Crippen molar-refractivity contribution < 1.29 is 4.74 Å². The lowest BCUT2D eigenvalue weighted by Gasteiger charge is -2.28. The highest BCUT2D eigenvalue weighted by Crippen LogP contribution is 2.48. The second-order valence-electron chi connectivity index (χ2n) is 6.61. The van der Waals surface area contributed by atoms with Crippen LogP contribution >= 0.6 is 0 Å². The molecular formula is C17H24N2O. The first kappa shape index (κ1) is 12.5. The molecule has 0 saturated heterocycles. The van der Waals surface area contributed by atoms with Crippen LogP contribution in [0.1, 0.15) is 25.7 Å². The zero-order valence-corrected chi connectivity index (χ0v) is 12.0. The van der Waals surface area contributed by atoms with Gasteiger partial charge in [-0.15, -0.1) is 0 Å². The molecule has 0 spiro atoms. The Bertz CT molecular complexity index is 456. The predicted octanol–water partition coefficient (Wildman–Crippen LogP) is 2.89. The molecule has 2 aliphatic carbocycles. The molecule has 0 aromatic heterocycles. The maximum atomic E-state index is 6.04. The summed E-state index contributed by atoms with van der Waals surface area (Å²) in [4.78, 5) is 0. The fourth-order valence-electron chi connectivity index (χ4n) is 3.45. The van der Waals surface area contributed by atoms with E-state index in [1.807, 2.05) is 18.2 Å². The molecule has 20 heavy (non-hydrogen) atoms. The molecule has 2 saturated carbocycles. The summed E-state index contributed by atoms with van der Waals surface area (Å²) in [6.45, 7) is 3.05. The topological polar surface area (TPSA) is 33.3 Å². The van der Waals surface area contributed by atoms with Crippen molar-refractivity contribution in [1.29, 1.82) is 0 Å². The van der Waals surface area contributed by atoms with Gasteiger partial charge in [-0.25, -0.2) is 0 Å². The van der Waals surface area contributed by atoms with Gasteiger partial charge in [0.2, 0.25) is 0 Å². The second kappa shape index (κ2) is 5.28. The number of ether oxygens (including phenoxy) is 1. The minimum atomic E-state index is 0.254. The highest BCUT2D eigenvalue weighted by Gasteiger charge is 2.40. The van der Waals surface area contributed by atoms with Gasteiger partial charge in [-0.2, -0.15) is 0 Å². The maximum absolute atomic E-state index is 6.04. The van der Waals surface area contributed by atoms with E-state index in [1.54, 1.807) is 0 Å². The van der Waals surface area contributed by atoms with Crippen molar-refractivity contribution in [3.8, 4) is 5.75 Å². The van der Waals surface area contributed by atoms with Crippen molar-refractivity contribution in [2.24, 2.45) is 17.8 Å². The zero-order valence-electron chi connectivity index (χ0n) is 12.0. The molecule has 1 unspecified atom stereocenters. The van der Waals surface area contributed by atoms with Crippen LogP contribution < -0.4 is 15.4 Å². The van der Waals surface area contributed by atoms with Gasteiger partial charge in [0.1, 0.15) is 11.9 Å². The van der Waals surface area contributed by atoms with Gasteiger partial charge in [-0.1, -0.05) is 12.1 Å². The lowest BCUT2D eigenvalue weighted by atomic mass is 9.98. The summed E-state index contributed by atoms with van der Waals surface area (Å²) in [5.41, 5.74) is 1.12. The quantitative estimate of drug-likeness (QED) is 0.835. The Morgan fingerprint density at radius 3 is 2.65 bits per heavy atom. The second-order valence-corrected chi connectivity index (χ2v) is 6.61. The average molecular weight is 272 g/mol. The maximum Gasteiger partial charge on any atom is 0.142 e. The number of fused-ring (bicyclic) bond motifs is 1. The molecule has 1 aromatic rings. The largest absolute Gasteiger partial charge is 0.485 e. The number of hydrogen-bond donors (Lipinski definition) is 2. The van der Waals surface area contributed by atoms with Crippen LogP contribution in [0.15, 0.2) is 24.3 Å². The zero-order chi connectivity index (χ0) is 13.4. The van der Waals surface area contributed by atoms with Crippen molar-refractivity contribution in [1.82, 2.24) is 5.32 Å². The van der Waals surface area contributed by atoms with Crippen molar-refractivity contribution in [3.63, 3.8) is 0 Å². The summed E-state index contributed by atoms with van der Waals surface area (Å²) in [5, 5.41) is 7.12. The molecule has 2 fully saturated rings. The Labute approximate surface area is 121 Å². The Kier molecular flexibility index (Phi) is 3.31. The number of benzene rings is 1. The highest BCUT2D eigenvalue weighted by molar-refractivity contribution is 5.57. The third-order valence-electron chi connectivity index (χ3n) is 4.91. The molecule has 1 atom stereocenters. The summed E-state index contributed by atoms with van der Waals surface area (Å²) in [6, 6.07) is 8.21. The molecule has 2 N–H and O–H groups in total. The lowest BCUT2D eigenvalue weighted by molar-refractivity contribution is 0.197. The van der Waals surface area contributed by atoms with Crippen LogP contribution in [0.5, 0.6) is 5.75 Å². The summed E-state index contributed by atoms with van der Waals surface area (Å²) >= 11 is 0. The van der Waals surface area contributed by atoms with Crippen LogP contribution in [0.4, 0.5) is 5.69 Å². The van der Waals surface area contributed by atoms with Crippen molar-refractivity contribution in [2.75, 3.05) is 25.0 Å². The monoisotopic (exact) mass is 272 g/mol. The van der Waals surface area contributed by atoms with Gasteiger partial charge < -0.3 is 15.4 Å². The van der Waals surface area contributed by atoms with Gasteiger partial charge in [0.15, 0.2) is 0 Å². The van der Waals surface area contributed by atoms with E-state index in [-0.39, 0.29) is 6.10 Å². The number of rotatable bonds is 6. The molecule has 1 heterocycles. The Morgan fingerprint density at radius 1 is 1.15 bits per heavy atom. The van der Waals surface area contributed by atoms with E-state index >= 15 is 0 Å². The van der Waals surface area contributed by atoms with Crippen molar-refractivity contribution in [3.05, 3.63) is 24.3 Å². The van der Waals surface area contributed by atoms with Crippen LogP contribution in [-0.2, 0) is 0 Å². The molecule has 0 bridgehead atoms. The van der Waals surface area contributed by atoms with Crippen LogP contribution in [0.3, 0.4) is 0 Å². The number of anilines is 1. The Hall–Kier alpha value is -1.22. The first-order chi connectivity index (χ1) is 9.90. The predicted molar refractivity (Wildman–Crippen MR) is 81.2 cm³/mol. The molecule has 4 rings (SSSR count). The SMILES string of the molecule is c1ccc2c(c1)NCC(CNCC(C1CC1)C1CC1)O2. The summed E-state index contributed by atoms with van der Waals surface area (Å²) in [7, 11) is 0. The van der Waals surface area contributed by atoms with Gasteiger partial charge >= 0.3 is 0 Å². The fourth-order valence-corrected chi connectivity index (χ4v) is 3.45. The van der Waals surface area contributed by atoms with Gasteiger partial charge in [-0.3, -0.25) is 0 Å². The molecule has 108 valence electrons. The van der Waals surface area contributed by atoms with Crippen LogP contribution in [0.25, 0.3) is 0 Å². The van der Waals surface area contributed by atoms with E-state index in [4.69, 9.17) is 4.74 Å². The number of para-hydroxylation sites is 2.